The SMILES string of the molecule is CC(=O)[C@]1(O)CC[C@@]2(O)[C@]1(C)[C@H](OC(=O)/C=C(\C)C(C)C)C[C@@H]1[C@@]3(C)CC[C@H](O)CC3=CC[C@]12O. The Morgan fingerprint density at radius 2 is 1.77 bits per heavy atom. The van der Waals surface area contributed by atoms with Crippen LogP contribution in [0.25, 0.3) is 0 Å². The molecular formula is C28H42O7. The van der Waals surface area contributed by atoms with Crippen LogP contribution in [0.15, 0.2) is 23.3 Å². The average molecular weight is 491 g/mol. The second kappa shape index (κ2) is 8.23. The Kier molecular flexibility index (Phi) is 6.24. The van der Waals surface area contributed by atoms with Crippen LogP contribution >= 0.6 is 0 Å². The number of aliphatic hydroxyl groups excluding tert-OH is 1. The smallest absolute Gasteiger partial charge is 0.330 e. The number of Topliss-reactive ketones (excluding diaryl/α,β-unsaturated/α-hetero) is 1. The van der Waals surface area contributed by atoms with Crippen molar-refractivity contribution in [3.8, 4) is 0 Å². The number of esters is 1. The molecule has 0 radical (unpaired) electrons. The first-order valence-corrected chi connectivity index (χ1v) is 13.0. The van der Waals surface area contributed by atoms with Gasteiger partial charge in [-0.05, 0) is 77.0 Å². The highest BCUT2D eigenvalue weighted by Gasteiger charge is 2.81. The quantitative estimate of drug-likeness (QED) is 0.271. The Balaban J connectivity index is 1.85. The van der Waals surface area contributed by atoms with Crippen LogP contribution in [0.1, 0.15) is 86.5 Å². The Morgan fingerprint density at radius 1 is 1.11 bits per heavy atom. The Bertz CT molecular complexity index is 984. The van der Waals surface area contributed by atoms with Gasteiger partial charge in [-0.15, -0.1) is 0 Å². The molecule has 7 heteroatoms. The third-order valence-corrected chi connectivity index (χ3v) is 10.7. The van der Waals surface area contributed by atoms with Gasteiger partial charge in [0.1, 0.15) is 22.9 Å². The molecule has 4 rings (SSSR count). The number of carbonyl (C=O) groups excluding carboxylic acids is 2. The summed E-state index contributed by atoms with van der Waals surface area (Å²) in [4.78, 5) is 25.9. The second-order valence-corrected chi connectivity index (χ2v) is 12.4. The molecule has 0 bridgehead atoms. The van der Waals surface area contributed by atoms with Crippen molar-refractivity contribution in [3.63, 3.8) is 0 Å². The van der Waals surface area contributed by atoms with E-state index in [1.54, 1.807) is 6.92 Å². The number of allylic oxidation sites excluding steroid dienone is 1. The van der Waals surface area contributed by atoms with Crippen LogP contribution in [0.5, 0.6) is 0 Å². The maximum Gasteiger partial charge on any atom is 0.330 e. The number of hydrogen-bond acceptors (Lipinski definition) is 7. The third-order valence-electron chi connectivity index (χ3n) is 10.7. The Labute approximate surface area is 208 Å². The average Bonchev–Trinajstić information content (AvgIpc) is 3.00. The molecule has 0 heterocycles. The number of fused-ring (bicyclic) bond motifs is 5. The first kappa shape index (κ1) is 26.5. The van der Waals surface area contributed by atoms with Crippen LogP contribution in [0.3, 0.4) is 0 Å². The summed E-state index contributed by atoms with van der Waals surface area (Å²) >= 11 is 0. The van der Waals surface area contributed by atoms with Gasteiger partial charge in [-0.2, -0.15) is 0 Å². The van der Waals surface area contributed by atoms with E-state index < -0.39 is 57.5 Å². The van der Waals surface area contributed by atoms with Gasteiger partial charge in [-0.25, -0.2) is 4.79 Å². The molecule has 8 atom stereocenters. The summed E-state index contributed by atoms with van der Waals surface area (Å²) < 4.78 is 6.01. The molecule has 0 aromatic rings. The molecule has 0 aromatic heterocycles. The summed E-state index contributed by atoms with van der Waals surface area (Å²) in [6, 6.07) is 0. The van der Waals surface area contributed by atoms with E-state index in [1.807, 2.05) is 26.8 Å². The molecule has 7 nitrogen and oxygen atoms in total. The first-order valence-electron chi connectivity index (χ1n) is 13.0. The maximum atomic E-state index is 13.0. The van der Waals surface area contributed by atoms with E-state index in [1.165, 1.54) is 13.0 Å². The monoisotopic (exact) mass is 490 g/mol. The summed E-state index contributed by atoms with van der Waals surface area (Å²) in [6.07, 6.45) is 4.01. The van der Waals surface area contributed by atoms with E-state index in [4.69, 9.17) is 4.74 Å². The molecule has 35 heavy (non-hydrogen) atoms. The van der Waals surface area contributed by atoms with Crippen molar-refractivity contribution in [2.75, 3.05) is 0 Å². The van der Waals surface area contributed by atoms with Gasteiger partial charge >= 0.3 is 5.97 Å². The molecule has 3 fully saturated rings. The number of aliphatic hydroxyl groups is 4. The summed E-state index contributed by atoms with van der Waals surface area (Å²) in [7, 11) is 0. The number of ketones is 1. The standard InChI is InChI=1S/C28H42O7/c1-16(2)17(3)13-23(31)35-22-15-21-24(5)9-8-20(30)14-19(24)7-10-27(21,33)28(34)12-11-26(32,18(4)29)25(22,28)6/h7,13,16,20-22,30,32-34H,8-12,14-15H2,1-6H3/b17-13+/t20-,21+,22+,24-,25+,26+,27-,28+/m0/s1. The maximum absolute atomic E-state index is 13.0. The normalized spacial score (nSPS) is 47.5. The van der Waals surface area contributed by atoms with E-state index in [2.05, 4.69) is 6.92 Å². The van der Waals surface area contributed by atoms with Crippen LogP contribution in [0, 0.1) is 22.7 Å². The molecule has 3 saturated carbocycles. The van der Waals surface area contributed by atoms with Crippen molar-refractivity contribution in [1.29, 1.82) is 0 Å². The van der Waals surface area contributed by atoms with Gasteiger partial charge in [0.05, 0.1) is 11.5 Å². The van der Waals surface area contributed by atoms with Crippen LogP contribution < -0.4 is 0 Å². The van der Waals surface area contributed by atoms with Gasteiger partial charge in [0.25, 0.3) is 0 Å². The molecule has 0 unspecified atom stereocenters. The summed E-state index contributed by atoms with van der Waals surface area (Å²) in [5.74, 6) is -1.41. The van der Waals surface area contributed by atoms with Crippen molar-refractivity contribution in [2.45, 2.75) is 115 Å². The molecule has 196 valence electrons. The highest BCUT2D eigenvalue weighted by atomic mass is 16.5. The fourth-order valence-electron chi connectivity index (χ4n) is 7.90. The molecule has 0 spiro atoms. The number of ether oxygens (including phenoxy) is 1. The van der Waals surface area contributed by atoms with E-state index in [9.17, 15) is 30.0 Å². The molecule has 4 aliphatic rings. The Morgan fingerprint density at radius 3 is 2.37 bits per heavy atom. The predicted octanol–water partition coefficient (Wildman–Crippen LogP) is 2.98. The van der Waals surface area contributed by atoms with Gasteiger partial charge in [0, 0.05) is 12.0 Å². The molecule has 0 amide bonds. The van der Waals surface area contributed by atoms with Crippen molar-refractivity contribution in [2.24, 2.45) is 22.7 Å². The van der Waals surface area contributed by atoms with Crippen LogP contribution in [0.2, 0.25) is 0 Å². The van der Waals surface area contributed by atoms with E-state index in [0.29, 0.717) is 19.3 Å². The zero-order valence-corrected chi connectivity index (χ0v) is 21.9. The zero-order chi connectivity index (χ0) is 26.2. The van der Waals surface area contributed by atoms with Crippen LogP contribution in [-0.2, 0) is 14.3 Å². The highest BCUT2D eigenvalue weighted by Crippen LogP contribution is 2.70. The molecule has 0 aliphatic heterocycles. The summed E-state index contributed by atoms with van der Waals surface area (Å²) in [6.45, 7) is 10.7. The number of carbonyl (C=O) groups is 2. The zero-order valence-electron chi connectivity index (χ0n) is 21.9. The second-order valence-electron chi connectivity index (χ2n) is 12.4. The first-order chi connectivity index (χ1) is 16.1. The lowest BCUT2D eigenvalue weighted by Crippen LogP contribution is -2.78. The fraction of sp³-hybridized carbons (Fsp3) is 0.786. The topological polar surface area (TPSA) is 124 Å². The van der Waals surface area contributed by atoms with E-state index in [-0.39, 0.29) is 31.6 Å². The van der Waals surface area contributed by atoms with Gasteiger partial charge in [0.2, 0.25) is 0 Å². The molecule has 0 saturated heterocycles. The van der Waals surface area contributed by atoms with Crippen LogP contribution in [-0.4, -0.2) is 61.2 Å². The van der Waals surface area contributed by atoms with Crippen LogP contribution in [0.4, 0.5) is 0 Å². The van der Waals surface area contributed by atoms with E-state index in [0.717, 1.165) is 11.1 Å². The lowest BCUT2D eigenvalue weighted by molar-refractivity contribution is -0.314. The lowest BCUT2D eigenvalue weighted by Gasteiger charge is -2.67. The van der Waals surface area contributed by atoms with Gasteiger partial charge in [-0.1, -0.05) is 38.0 Å². The fourth-order valence-corrected chi connectivity index (χ4v) is 7.90. The summed E-state index contributed by atoms with van der Waals surface area (Å²) in [5.41, 5.74) is -5.62. The summed E-state index contributed by atoms with van der Waals surface area (Å²) in [5, 5.41) is 46.7. The van der Waals surface area contributed by atoms with Gasteiger partial charge in [-0.3, -0.25) is 4.79 Å². The Hall–Kier alpha value is -1.54. The minimum absolute atomic E-state index is 0.0172. The lowest BCUT2D eigenvalue weighted by atomic mass is 9.42. The minimum Gasteiger partial charge on any atom is -0.458 e. The van der Waals surface area contributed by atoms with Gasteiger partial charge in [0.15, 0.2) is 5.78 Å². The largest absolute Gasteiger partial charge is 0.458 e. The van der Waals surface area contributed by atoms with Gasteiger partial charge < -0.3 is 25.2 Å². The minimum atomic E-state index is -1.95. The van der Waals surface area contributed by atoms with Crippen molar-refractivity contribution < 1.29 is 34.8 Å². The van der Waals surface area contributed by atoms with Crippen molar-refractivity contribution in [1.82, 2.24) is 0 Å². The van der Waals surface area contributed by atoms with E-state index >= 15 is 0 Å². The molecule has 4 N–H and O–H groups in total. The third kappa shape index (κ3) is 3.38. The number of hydrogen-bond donors (Lipinski definition) is 4. The molecule has 4 aliphatic carbocycles. The molecular weight excluding hydrogens is 448 g/mol. The molecule has 0 aromatic carbocycles. The predicted molar refractivity (Wildman–Crippen MR) is 130 cm³/mol. The van der Waals surface area contributed by atoms with Crippen molar-refractivity contribution in [3.05, 3.63) is 23.3 Å². The number of rotatable bonds is 4. The highest BCUT2D eigenvalue weighted by molar-refractivity contribution is 5.87. The van der Waals surface area contributed by atoms with Crippen molar-refractivity contribution >= 4 is 11.8 Å².